The number of rotatable bonds is 2. The Morgan fingerprint density at radius 2 is 2.12 bits per heavy atom. The van der Waals surface area contributed by atoms with Gasteiger partial charge < -0.3 is 10.6 Å². The molecular formula is C18H16N4OS. The van der Waals surface area contributed by atoms with Gasteiger partial charge in [-0.05, 0) is 36.5 Å². The fourth-order valence-corrected chi connectivity index (χ4v) is 4.90. The van der Waals surface area contributed by atoms with Crippen LogP contribution in [0.5, 0.6) is 0 Å². The van der Waals surface area contributed by atoms with Crippen LogP contribution in [0, 0.1) is 0 Å². The van der Waals surface area contributed by atoms with Gasteiger partial charge in [0, 0.05) is 17.0 Å². The summed E-state index contributed by atoms with van der Waals surface area (Å²) in [4.78, 5) is 23.8. The lowest BCUT2D eigenvalue weighted by atomic mass is 9.99. The Morgan fingerprint density at radius 3 is 3.08 bits per heavy atom. The van der Waals surface area contributed by atoms with Crippen LogP contribution in [0.1, 0.15) is 22.4 Å². The van der Waals surface area contributed by atoms with E-state index in [1.165, 1.54) is 16.9 Å². The molecule has 1 aromatic carbocycles. The van der Waals surface area contributed by atoms with Crippen molar-refractivity contribution >= 4 is 39.0 Å². The number of nitrogens with one attached hydrogen (secondary N) is 2. The van der Waals surface area contributed by atoms with Crippen LogP contribution in [-0.4, -0.2) is 21.9 Å². The highest BCUT2D eigenvalue weighted by Crippen LogP contribution is 2.39. The van der Waals surface area contributed by atoms with Crippen LogP contribution < -0.4 is 10.6 Å². The normalized spacial score (nSPS) is 19.0. The van der Waals surface area contributed by atoms with Crippen LogP contribution in [0.4, 0.5) is 11.5 Å². The van der Waals surface area contributed by atoms with Gasteiger partial charge >= 0.3 is 0 Å². The van der Waals surface area contributed by atoms with E-state index in [1.807, 2.05) is 18.2 Å². The van der Waals surface area contributed by atoms with E-state index in [-0.39, 0.29) is 11.9 Å². The topological polar surface area (TPSA) is 66.9 Å². The average Bonchev–Trinajstić information content (AvgIpc) is 3.16. The second-order valence-electron chi connectivity index (χ2n) is 6.31. The predicted octanol–water partition coefficient (Wildman–Crippen LogP) is 3.16. The van der Waals surface area contributed by atoms with E-state index in [9.17, 15) is 4.79 Å². The summed E-state index contributed by atoms with van der Waals surface area (Å²) in [5.41, 5.74) is 3.43. The molecule has 5 nitrogen and oxygen atoms in total. The Kier molecular flexibility index (Phi) is 3.06. The summed E-state index contributed by atoms with van der Waals surface area (Å²) in [6.45, 7) is 0. The highest BCUT2D eigenvalue weighted by molar-refractivity contribution is 7.19. The van der Waals surface area contributed by atoms with E-state index in [4.69, 9.17) is 0 Å². The molecule has 24 heavy (non-hydrogen) atoms. The standard InChI is InChI=1S/C18H16N4OS/c23-17-13(8-10-4-1-2-6-12(10)22-17)21-16-15-11-5-3-7-14(11)24-18(15)20-9-19-16/h1-2,4,6,9,13H,3,5,7-8H2,(H,22,23)(H,19,20,21). The molecule has 1 amide bonds. The fourth-order valence-electron chi connectivity index (χ4n) is 3.67. The third kappa shape index (κ3) is 2.10. The summed E-state index contributed by atoms with van der Waals surface area (Å²) in [6.07, 6.45) is 5.66. The first kappa shape index (κ1) is 13.9. The molecule has 0 bridgehead atoms. The van der Waals surface area contributed by atoms with E-state index >= 15 is 0 Å². The fraction of sp³-hybridized carbons (Fsp3) is 0.278. The second-order valence-corrected chi connectivity index (χ2v) is 7.39. The minimum atomic E-state index is -0.310. The molecule has 2 aromatic heterocycles. The van der Waals surface area contributed by atoms with Crippen molar-refractivity contribution < 1.29 is 4.79 Å². The van der Waals surface area contributed by atoms with Gasteiger partial charge in [0.25, 0.3) is 0 Å². The summed E-state index contributed by atoms with van der Waals surface area (Å²) >= 11 is 1.76. The lowest BCUT2D eigenvalue weighted by molar-refractivity contribution is -0.117. The van der Waals surface area contributed by atoms with Gasteiger partial charge in [-0.25, -0.2) is 9.97 Å². The minimum absolute atomic E-state index is 0.00710. The number of thiophene rings is 1. The molecule has 1 atom stereocenters. The lowest BCUT2D eigenvalue weighted by Gasteiger charge is -2.25. The number of anilines is 2. The van der Waals surface area contributed by atoms with Crippen molar-refractivity contribution in [3.05, 3.63) is 46.6 Å². The van der Waals surface area contributed by atoms with Gasteiger partial charge in [0.05, 0.1) is 5.39 Å². The molecule has 1 aliphatic heterocycles. The first-order chi connectivity index (χ1) is 11.8. The highest BCUT2D eigenvalue weighted by Gasteiger charge is 2.28. The summed E-state index contributed by atoms with van der Waals surface area (Å²) in [6, 6.07) is 7.63. The van der Waals surface area contributed by atoms with Crippen molar-refractivity contribution in [2.45, 2.75) is 31.7 Å². The van der Waals surface area contributed by atoms with Crippen molar-refractivity contribution in [1.82, 2.24) is 9.97 Å². The van der Waals surface area contributed by atoms with Gasteiger partial charge in [-0.2, -0.15) is 0 Å². The maximum atomic E-state index is 12.5. The van der Waals surface area contributed by atoms with Crippen LogP contribution in [0.25, 0.3) is 10.2 Å². The van der Waals surface area contributed by atoms with E-state index in [1.54, 1.807) is 17.7 Å². The van der Waals surface area contributed by atoms with Crippen LogP contribution in [0.2, 0.25) is 0 Å². The van der Waals surface area contributed by atoms with E-state index in [0.29, 0.717) is 6.42 Å². The van der Waals surface area contributed by atoms with Crippen LogP contribution in [0.15, 0.2) is 30.6 Å². The van der Waals surface area contributed by atoms with Crippen molar-refractivity contribution in [3.8, 4) is 0 Å². The number of aryl methyl sites for hydroxylation is 2. The van der Waals surface area contributed by atoms with E-state index in [0.717, 1.165) is 40.1 Å². The smallest absolute Gasteiger partial charge is 0.247 e. The predicted molar refractivity (Wildman–Crippen MR) is 95.6 cm³/mol. The molecule has 1 aliphatic carbocycles. The number of aromatic nitrogens is 2. The lowest BCUT2D eigenvalue weighted by Crippen LogP contribution is -2.40. The molecule has 2 N–H and O–H groups in total. The molecule has 0 saturated carbocycles. The summed E-state index contributed by atoms with van der Waals surface area (Å²) in [7, 11) is 0. The first-order valence-corrected chi connectivity index (χ1v) is 9.02. The van der Waals surface area contributed by atoms with Crippen LogP contribution >= 0.6 is 11.3 Å². The molecule has 0 radical (unpaired) electrons. The number of amides is 1. The van der Waals surface area contributed by atoms with Crippen molar-refractivity contribution in [2.75, 3.05) is 10.6 Å². The molecule has 3 heterocycles. The average molecular weight is 336 g/mol. The molecule has 5 rings (SSSR count). The van der Waals surface area contributed by atoms with Crippen molar-refractivity contribution in [2.24, 2.45) is 0 Å². The third-order valence-electron chi connectivity index (χ3n) is 4.83. The van der Waals surface area contributed by atoms with Gasteiger partial charge in [0.15, 0.2) is 0 Å². The Bertz CT molecular complexity index is 965. The Labute approximate surface area is 143 Å². The van der Waals surface area contributed by atoms with Crippen LogP contribution in [0.3, 0.4) is 0 Å². The van der Waals surface area contributed by atoms with Gasteiger partial charge in [0.1, 0.15) is 23.0 Å². The number of hydrogen-bond donors (Lipinski definition) is 2. The summed E-state index contributed by atoms with van der Waals surface area (Å²) in [5, 5.41) is 7.47. The number of para-hydroxylation sites is 1. The zero-order valence-corrected chi connectivity index (χ0v) is 13.8. The maximum Gasteiger partial charge on any atom is 0.247 e. The Hall–Kier alpha value is -2.47. The number of carbonyl (C=O) groups excluding carboxylic acids is 1. The molecule has 0 spiro atoms. The van der Waals surface area contributed by atoms with E-state index in [2.05, 4.69) is 26.7 Å². The SMILES string of the molecule is O=C1Nc2ccccc2CC1Nc1ncnc2sc3c(c12)CCC3. The molecule has 3 aromatic rings. The number of benzene rings is 1. The van der Waals surface area contributed by atoms with Gasteiger partial charge in [-0.1, -0.05) is 18.2 Å². The zero-order valence-electron chi connectivity index (χ0n) is 13.0. The van der Waals surface area contributed by atoms with Crippen molar-refractivity contribution in [3.63, 3.8) is 0 Å². The van der Waals surface area contributed by atoms with Gasteiger partial charge in [-0.15, -0.1) is 11.3 Å². The maximum absolute atomic E-state index is 12.5. The molecule has 120 valence electrons. The zero-order chi connectivity index (χ0) is 16.1. The molecule has 0 fully saturated rings. The van der Waals surface area contributed by atoms with Gasteiger partial charge in [-0.3, -0.25) is 4.79 Å². The molecule has 2 aliphatic rings. The Balaban J connectivity index is 1.52. The second kappa shape index (κ2) is 5.27. The number of nitrogens with zero attached hydrogens (tertiary/aromatic N) is 2. The quantitative estimate of drug-likeness (QED) is 0.754. The number of carbonyl (C=O) groups is 1. The monoisotopic (exact) mass is 336 g/mol. The summed E-state index contributed by atoms with van der Waals surface area (Å²) < 4.78 is 0. The largest absolute Gasteiger partial charge is 0.357 e. The molecule has 6 heteroatoms. The molecule has 1 unspecified atom stereocenters. The van der Waals surface area contributed by atoms with Crippen LogP contribution in [-0.2, 0) is 24.1 Å². The van der Waals surface area contributed by atoms with Gasteiger partial charge in [0.2, 0.25) is 5.91 Å². The molecular weight excluding hydrogens is 320 g/mol. The summed E-state index contributed by atoms with van der Waals surface area (Å²) in [5.74, 6) is 0.784. The first-order valence-electron chi connectivity index (χ1n) is 8.20. The highest BCUT2D eigenvalue weighted by atomic mass is 32.1. The Morgan fingerprint density at radius 1 is 1.21 bits per heavy atom. The molecule has 0 saturated heterocycles. The van der Waals surface area contributed by atoms with Crippen molar-refractivity contribution in [1.29, 1.82) is 0 Å². The number of hydrogen-bond acceptors (Lipinski definition) is 5. The third-order valence-corrected chi connectivity index (χ3v) is 6.03. The minimum Gasteiger partial charge on any atom is -0.357 e. The number of fused-ring (bicyclic) bond motifs is 4. The van der Waals surface area contributed by atoms with E-state index < -0.39 is 0 Å².